The van der Waals surface area contributed by atoms with E-state index in [0.717, 1.165) is 5.56 Å². The zero-order chi connectivity index (χ0) is 13.8. The van der Waals surface area contributed by atoms with Crippen LogP contribution in [0.25, 0.3) is 0 Å². The first-order chi connectivity index (χ1) is 9.11. The van der Waals surface area contributed by atoms with E-state index < -0.39 is 24.3 Å². The molecule has 0 saturated carbocycles. The lowest BCUT2D eigenvalue weighted by Crippen LogP contribution is -2.18. The normalized spacial score (nSPS) is 12.2. The van der Waals surface area contributed by atoms with Crippen molar-refractivity contribution in [1.82, 2.24) is 0 Å². The summed E-state index contributed by atoms with van der Waals surface area (Å²) in [5, 5.41) is 12.3. The highest BCUT2D eigenvalue weighted by Gasteiger charge is 2.19. The van der Waals surface area contributed by atoms with Crippen molar-refractivity contribution in [2.24, 2.45) is 0 Å². The van der Waals surface area contributed by atoms with Crippen LogP contribution in [-0.4, -0.2) is 11.7 Å². The van der Waals surface area contributed by atoms with Crippen LogP contribution < -0.4 is 5.32 Å². The molecule has 1 atom stereocenters. The average molecular weight is 263 g/mol. The summed E-state index contributed by atoms with van der Waals surface area (Å²) in [5.74, 6) is -1.33. The monoisotopic (exact) mass is 263 g/mol. The summed E-state index contributed by atoms with van der Waals surface area (Å²) < 4.78 is 27.4. The number of hydrogen-bond donors (Lipinski definition) is 2. The molecule has 0 amide bonds. The minimum atomic E-state index is -0.817. The molecule has 2 N–H and O–H groups in total. The highest BCUT2D eigenvalue weighted by molar-refractivity contribution is 5.47. The fraction of sp³-hybridized carbons (Fsp3) is 0.200. The quantitative estimate of drug-likeness (QED) is 0.886. The Labute approximate surface area is 110 Å². The number of anilines is 1. The SMILES string of the molecule is Cc1cccc(NC(CO)c2c(F)cccc2F)c1. The lowest BCUT2D eigenvalue weighted by atomic mass is 10.1. The largest absolute Gasteiger partial charge is 0.394 e. The van der Waals surface area contributed by atoms with Gasteiger partial charge in [-0.2, -0.15) is 0 Å². The Balaban J connectivity index is 2.30. The molecule has 4 heteroatoms. The molecule has 2 aromatic rings. The van der Waals surface area contributed by atoms with Gasteiger partial charge in [-0.05, 0) is 36.8 Å². The van der Waals surface area contributed by atoms with Crippen LogP contribution in [-0.2, 0) is 0 Å². The third-order valence-corrected chi connectivity index (χ3v) is 2.89. The van der Waals surface area contributed by atoms with E-state index >= 15 is 0 Å². The van der Waals surface area contributed by atoms with Gasteiger partial charge in [-0.3, -0.25) is 0 Å². The van der Waals surface area contributed by atoms with E-state index in [1.165, 1.54) is 18.2 Å². The van der Waals surface area contributed by atoms with Crippen LogP contribution in [0.5, 0.6) is 0 Å². The van der Waals surface area contributed by atoms with Crippen molar-refractivity contribution in [3.63, 3.8) is 0 Å². The second-order valence-corrected chi connectivity index (χ2v) is 4.38. The molecular formula is C15H15F2NO. The molecule has 0 bridgehead atoms. The van der Waals surface area contributed by atoms with E-state index in [4.69, 9.17) is 0 Å². The minimum Gasteiger partial charge on any atom is -0.394 e. The van der Waals surface area contributed by atoms with E-state index in [1.54, 1.807) is 6.07 Å². The highest BCUT2D eigenvalue weighted by atomic mass is 19.1. The number of halogens is 2. The summed E-state index contributed by atoms with van der Waals surface area (Å²) in [6.07, 6.45) is 0. The molecule has 19 heavy (non-hydrogen) atoms. The molecule has 0 spiro atoms. The van der Waals surface area contributed by atoms with Crippen molar-refractivity contribution in [2.75, 3.05) is 11.9 Å². The van der Waals surface area contributed by atoms with Crippen molar-refractivity contribution in [1.29, 1.82) is 0 Å². The van der Waals surface area contributed by atoms with Crippen LogP contribution in [0, 0.1) is 18.6 Å². The number of hydrogen-bond acceptors (Lipinski definition) is 2. The van der Waals surface area contributed by atoms with Gasteiger partial charge in [0.1, 0.15) is 11.6 Å². The van der Waals surface area contributed by atoms with Gasteiger partial charge in [-0.15, -0.1) is 0 Å². The smallest absolute Gasteiger partial charge is 0.131 e. The molecule has 0 aromatic heterocycles. The van der Waals surface area contributed by atoms with Crippen molar-refractivity contribution in [3.8, 4) is 0 Å². The molecule has 100 valence electrons. The van der Waals surface area contributed by atoms with Gasteiger partial charge in [-0.1, -0.05) is 18.2 Å². The maximum absolute atomic E-state index is 13.7. The maximum atomic E-state index is 13.7. The summed E-state index contributed by atoms with van der Waals surface area (Å²) in [6, 6.07) is 10.2. The van der Waals surface area contributed by atoms with Crippen LogP contribution in [0.2, 0.25) is 0 Å². The fourth-order valence-corrected chi connectivity index (χ4v) is 1.99. The molecular weight excluding hydrogens is 248 g/mol. The summed E-state index contributed by atoms with van der Waals surface area (Å²) >= 11 is 0. The van der Waals surface area contributed by atoms with Crippen molar-refractivity contribution < 1.29 is 13.9 Å². The van der Waals surface area contributed by atoms with Crippen LogP contribution in [0.3, 0.4) is 0 Å². The van der Waals surface area contributed by atoms with Crippen LogP contribution in [0.4, 0.5) is 14.5 Å². The summed E-state index contributed by atoms with van der Waals surface area (Å²) in [7, 11) is 0. The van der Waals surface area contributed by atoms with Crippen molar-refractivity contribution >= 4 is 5.69 Å². The van der Waals surface area contributed by atoms with E-state index in [9.17, 15) is 13.9 Å². The van der Waals surface area contributed by atoms with Gasteiger partial charge in [0.2, 0.25) is 0 Å². The van der Waals surface area contributed by atoms with Crippen LogP contribution in [0.15, 0.2) is 42.5 Å². The Morgan fingerprint density at radius 2 is 1.74 bits per heavy atom. The molecule has 2 nitrogen and oxygen atoms in total. The Morgan fingerprint density at radius 1 is 1.11 bits per heavy atom. The Morgan fingerprint density at radius 3 is 2.32 bits per heavy atom. The zero-order valence-corrected chi connectivity index (χ0v) is 10.5. The van der Waals surface area contributed by atoms with Crippen LogP contribution in [0.1, 0.15) is 17.2 Å². The molecule has 0 aliphatic rings. The first kappa shape index (κ1) is 13.5. The Kier molecular flexibility index (Phi) is 4.12. The molecule has 0 radical (unpaired) electrons. The highest BCUT2D eigenvalue weighted by Crippen LogP contribution is 2.24. The Hall–Kier alpha value is -1.94. The number of benzene rings is 2. The van der Waals surface area contributed by atoms with Gasteiger partial charge < -0.3 is 10.4 Å². The van der Waals surface area contributed by atoms with E-state index in [1.807, 2.05) is 25.1 Å². The first-order valence-electron chi connectivity index (χ1n) is 6.00. The van der Waals surface area contributed by atoms with Gasteiger partial charge in [-0.25, -0.2) is 8.78 Å². The molecule has 1 unspecified atom stereocenters. The molecule has 0 aliphatic carbocycles. The standard InChI is InChI=1S/C15H15F2NO/c1-10-4-2-5-11(8-10)18-14(9-19)15-12(16)6-3-7-13(15)17/h2-8,14,18-19H,9H2,1H3. The van der Waals surface area contributed by atoms with Gasteiger partial charge in [0.05, 0.1) is 12.6 Å². The number of nitrogens with one attached hydrogen (secondary N) is 1. The third kappa shape index (κ3) is 3.09. The Bertz CT molecular complexity index is 552. The van der Waals surface area contributed by atoms with Crippen molar-refractivity contribution in [2.45, 2.75) is 13.0 Å². The maximum Gasteiger partial charge on any atom is 0.131 e. The fourth-order valence-electron chi connectivity index (χ4n) is 1.99. The van der Waals surface area contributed by atoms with E-state index in [-0.39, 0.29) is 5.56 Å². The molecule has 0 heterocycles. The molecule has 2 rings (SSSR count). The molecule has 0 fully saturated rings. The van der Waals surface area contributed by atoms with E-state index in [0.29, 0.717) is 5.69 Å². The lowest BCUT2D eigenvalue weighted by Gasteiger charge is -2.19. The minimum absolute atomic E-state index is 0.147. The zero-order valence-electron chi connectivity index (χ0n) is 10.5. The van der Waals surface area contributed by atoms with E-state index in [2.05, 4.69) is 5.32 Å². The van der Waals surface area contributed by atoms with Gasteiger partial charge in [0.15, 0.2) is 0 Å². The second-order valence-electron chi connectivity index (χ2n) is 4.38. The topological polar surface area (TPSA) is 32.3 Å². The summed E-state index contributed by atoms with van der Waals surface area (Å²) in [6.45, 7) is 1.52. The second kappa shape index (κ2) is 5.80. The van der Waals surface area contributed by atoms with Gasteiger partial charge in [0, 0.05) is 11.3 Å². The van der Waals surface area contributed by atoms with Crippen LogP contribution >= 0.6 is 0 Å². The number of aliphatic hydroxyl groups excluding tert-OH is 1. The lowest BCUT2D eigenvalue weighted by molar-refractivity contribution is 0.271. The summed E-state index contributed by atoms with van der Waals surface area (Å²) in [4.78, 5) is 0. The average Bonchev–Trinajstić information content (AvgIpc) is 2.37. The third-order valence-electron chi connectivity index (χ3n) is 2.89. The number of aryl methyl sites for hydroxylation is 1. The van der Waals surface area contributed by atoms with Gasteiger partial charge in [0.25, 0.3) is 0 Å². The summed E-state index contributed by atoms with van der Waals surface area (Å²) in [5.41, 5.74) is 1.59. The molecule has 2 aromatic carbocycles. The van der Waals surface area contributed by atoms with Gasteiger partial charge >= 0.3 is 0 Å². The van der Waals surface area contributed by atoms with Crippen molar-refractivity contribution in [3.05, 3.63) is 65.2 Å². The molecule has 0 saturated heterocycles. The predicted octanol–water partition coefficient (Wildman–Crippen LogP) is 3.42. The molecule has 0 aliphatic heterocycles. The first-order valence-corrected chi connectivity index (χ1v) is 6.00. The number of rotatable bonds is 4. The number of aliphatic hydroxyl groups is 1. The predicted molar refractivity (Wildman–Crippen MR) is 71.0 cm³/mol.